The predicted molar refractivity (Wildman–Crippen MR) is 111 cm³/mol. The first kappa shape index (κ1) is 21.4. The molecule has 0 spiro atoms. The summed E-state index contributed by atoms with van der Waals surface area (Å²) in [6.07, 6.45) is 2.97. The molecule has 150 valence electrons. The Bertz CT molecular complexity index is 606. The maximum absolute atomic E-state index is 12.6. The van der Waals surface area contributed by atoms with E-state index in [1.807, 2.05) is 24.3 Å². The Kier molecular flexibility index (Phi) is 8.29. The quantitative estimate of drug-likeness (QED) is 0.676. The number of piperidine rings is 1. The summed E-state index contributed by atoms with van der Waals surface area (Å²) < 4.78 is 0. The van der Waals surface area contributed by atoms with Crippen molar-refractivity contribution in [3.05, 3.63) is 29.8 Å². The zero-order valence-corrected chi connectivity index (χ0v) is 17.3. The van der Waals surface area contributed by atoms with Gasteiger partial charge in [0.25, 0.3) is 0 Å². The molecule has 1 aromatic carbocycles. The maximum atomic E-state index is 12.6. The Labute approximate surface area is 164 Å². The molecular formula is C22H35N3O2. The minimum Gasteiger partial charge on any atom is -0.372 e. The molecule has 1 aromatic rings. The standard InChI is InChI=1S/C22H35N3O2/c1-5-21(22(27)23-13-16-24(4)6-2)19-11-14-25(15-12-19)20-9-7-18(8-10-20)17(3)26/h7-10,19,21H,5-6,11-16H2,1-4H3,(H,23,27). The highest BCUT2D eigenvalue weighted by Crippen LogP contribution is 2.30. The SMILES string of the molecule is CCC(C(=O)NCCN(C)CC)C1CCN(c2ccc(C(C)=O)cc2)CC1. The molecule has 1 heterocycles. The molecular weight excluding hydrogens is 338 g/mol. The second-order valence-corrected chi connectivity index (χ2v) is 7.63. The smallest absolute Gasteiger partial charge is 0.223 e. The average Bonchev–Trinajstić information content (AvgIpc) is 2.69. The van der Waals surface area contributed by atoms with Crippen LogP contribution in [0.3, 0.4) is 0 Å². The largest absolute Gasteiger partial charge is 0.372 e. The number of nitrogens with one attached hydrogen (secondary N) is 1. The van der Waals surface area contributed by atoms with E-state index in [1.54, 1.807) is 6.92 Å². The molecule has 0 aromatic heterocycles. The lowest BCUT2D eigenvalue weighted by atomic mass is 9.82. The Balaban J connectivity index is 1.85. The fraction of sp³-hybridized carbons (Fsp3) is 0.636. The van der Waals surface area contributed by atoms with E-state index in [1.165, 1.54) is 5.69 Å². The third-order valence-electron chi connectivity index (χ3n) is 5.86. The van der Waals surface area contributed by atoms with Crippen LogP contribution < -0.4 is 10.2 Å². The number of carbonyl (C=O) groups excluding carboxylic acids is 2. The van der Waals surface area contributed by atoms with Gasteiger partial charge in [-0.3, -0.25) is 9.59 Å². The van der Waals surface area contributed by atoms with Crippen LogP contribution in [0.5, 0.6) is 0 Å². The van der Waals surface area contributed by atoms with E-state index in [-0.39, 0.29) is 17.6 Å². The van der Waals surface area contributed by atoms with Crippen molar-refractivity contribution in [3.63, 3.8) is 0 Å². The number of nitrogens with zero attached hydrogens (tertiary/aromatic N) is 2. The van der Waals surface area contributed by atoms with Crippen LogP contribution in [0.1, 0.15) is 50.4 Å². The summed E-state index contributed by atoms with van der Waals surface area (Å²) in [6, 6.07) is 7.87. The third kappa shape index (κ3) is 6.06. The molecule has 1 atom stereocenters. The Morgan fingerprint density at radius 2 is 1.81 bits per heavy atom. The molecule has 1 aliphatic rings. The van der Waals surface area contributed by atoms with Gasteiger partial charge in [0, 0.05) is 43.3 Å². The van der Waals surface area contributed by atoms with Gasteiger partial charge in [-0.15, -0.1) is 0 Å². The van der Waals surface area contributed by atoms with E-state index in [9.17, 15) is 9.59 Å². The van der Waals surface area contributed by atoms with Gasteiger partial charge in [-0.2, -0.15) is 0 Å². The number of benzene rings is 1. The van der Waals surface area contributed by atoms with Crippen molar-refractivity contribution in [1.29, 1.82) is 0 Å². The molecule has 1 fully saturated rings. The molecule has 0 saturated carbocycles. The Morgan fingerprint density at radius 1 is 1.19 bits per heavy atom. The van der Waals surface area contributed by atoms with Crippen molar-refractivity contribution in [2.24, 2.45) is 11.8 Å². The lowest BCUT2D eigenvalue weighted by Crippen LogP contribution is -2.42. The molecule has 1 amide bonds. The summed E-state index contributed by atoms with van der Waals surface area (Å²) in [5.74, 6) is 0.874. The van der Waals surface area contributed by atoms with Crippen LogP contribution in [-0.2, 0) is 4.79 Å². The van der Waals surface area contributed by atoms with E-state index >= 15 is 0 Å². The summed E-state index contributed by atoms with van der Waals surface area (Å²) in [6.45, 7) is 10.4. The monoisotopic (exact) mass is 373 g/mol. The van der Waals surface area contributed by atoms with Crippen molar-refractivity contribution in [2.75, 3.05) is 44.7 Å². The van der Waals surface area contributed by atoms with Crippen molar-refractivity contribution in [2.45, 2.75) is 40.0 Å². The van der Waals surface area contributed by atoms with Crippen molar-refractivity contribution >= 4 is 17.4 Å². The van der Waals surface area contributed by atoms with Crippen LogP contribution >= 0.6 is 0 Å². The van der Waals surface area contributed by atoms with E-state index in [0.717, 1.165) is 57.5 Å². The van der Waals surface area contributed by atoms with E-state index < -0.39 is 0 Å². The van der Waals surface area contributed by atoms with Gasteiger partial charge in [0.2, 0.25) is 5.91 Å². The van der Waals surface area contributed by atoms with Crippen molar-refractivity contribution < 1.29 is 9.59 Å². The number of ketones is 1. The first-order valence-corrected chi connectivity index (χ1v) is 10.3. The molecule has 1 aliphatic heterocycles. The number of Topliss-reactive ketones (excluding diaryl/α,β-unsaturated/α-hetero) is 1. The fourth-order valence-electron chi connectivity index (χ4n) is 3.86. The number of rotatable bonds is 9. The molecule has 1 N–H and O–H groups in total. The minimum absolute atomic E-state index is 0.0992. The lowest BCUT2D eigenvalue weighted by Gasteiger charge is -2.36. The summed E-state index contributed by atoms with van der Waals surface area (Å²) in [5, 5.41) is 3.13. The summed E-state index contributed by atoms with van der Waals surface area (Å²) >= 11 is 0. The molecule has 0 bridgehead atoms. The fourth-order valence-corrected chi connectivity index (χ4v) is 3.86. The Morgan fingerprint density at radius 3 is 2.33 bits per heavy atom. The summed E-state index contributed by atoms with van der Waals surface area (Å²) in [5.41, 5.74) is 1.92. The molecule has 27 heavy (non-hydrogen) atoms. The maximum Gasteiger partial charge on any atom is 0.223 e. The molecule has 1 saturated heterocycles. The van der Waals surface area contributed by atoms with E-state index in [2.05, 4.69) is 36.0 Å². The first-order valence-electron chi connectivity index (χ1n) is 10.3. The predicted octanol–water partition coefficient (Wildman–Crippen LogP) is 3.20. The van der Waals surface area contributed by atoms with Gasteiger partial charge in [0.15, 0.2) is 5.78 Å². The highest BCUT2D eigenvalue weighted by Gasteiger charge is 2.30. The topological polar surface area (TPSA) is 52.7 Å². The number of carbonyl (C=O) groups is 2. The van der Waals surface area contributed by atoms with Crippen molar-refractivity contribution in [1.82, 2.24) is 10.2 Å². The molecule has 0 radical (unpaired) electrons. The number of hydrogen-bond acceptors (Lipinski definition) is 4. The second kappa shape index (κ2) is 10.5. The summed E-state index contributed by atoms with van der Waals surface area (Å²) in [4.78, 5) is 28.6. The van der Waals surface area contributed by atoms with Crippen LogP contribution in [-0.4, -0.2) is 56.4 Å². The van der Waals surface area contributed by atoms with Gasteiger partial charge >= 0.3 is 0 Å². The molecule has 1 unspecified atom stereocenters. The van der Waals surface area contributed by atoms with E-state index in [4.69, 9.17) is 0 Å². The molecule has 2 rings (SSSR count). The van der Waals surface area contributed by atoms with Crippen molar-refractivity contribution in [3.8, 4) is 0 Å². The number of hydrogen-bond donors (Lipinski definition) is 1. The minimum atomic E-state index is 0.0992. The van der Waals surface area contributed by atoms with Crippen LogP contribution in [0.15, 0.2) is 24.3 Å². The van der Waals surface area contributed by atoms with Gasteiger partial charge in [0.1, 0.15) is 0 Å². The Hall–Kier alpha value is -1.88. The molecule has 0 aliphatic carbocycles. The molecule has 5 nitrogen and oxygen atoms in total. The van der Waals surface area contributed by atoms with Crippen LogP contribution in [0.25, 0.3) is 0 Å². The zero-order valence-electron chi connectivity index (χ0n) is 17.3. The van der Waals surface area contributed by atoms with Gasteiger partial charge in [0.05, 0.1) is 0 Å². The van der Waals surface area contributed by atoms with Gasteiger partial charge in [-0.1, -0.05) is 13.8 Å². The first-order chi connectivity index (χ1) is 13.0. The number of amides is 1. The highest BCUT2D eigenvalue weighted by molar-refractivity contribution is 5.94. The van der Waals surface area contributed by atoms with E-state index in [0.29, 0.717) is 5.92 Å². The van der Waals surface area contributed by atoms with Crippen LogP contribution in [0.2, 0.25) is 0 Å². The summed E-state index contributed by atoms with van der Waals surface area (Å²) in [7, 11) is 2.07. The van der Waals surface area contributed by atoms with Crippen LogP contribution in [0, 0.1) is 11.8 Å². The zero-order chi connectivity index (χ0) is 19.8. The molecule has 5 heteroatoms. The highest BCUT2D eigenvalue weighted by atomic mass is 16.2. The normalized spacial score (nSPS) is 16.4. The van der Waals surface area contributed by atoms with Gasteiger partial charge < -0.3 is 15.1 Å². The average molecular weight is 374 g/mol. The van der Waals surface area contributed by atoms with Gasteiger partial charge in [-0.25, -0.2) is 0 Å². The van der Waals surface area contributed by atoms with Crippen LogP contribution in [0.4, 0.5) is 5.69 Å². The third-order valence-corrected chi connectivity index (χ3v) is 5.86. The number of anilines is 1. The second-order valence-electron chi connectivity index (χ2n) is 7.63. The van der Waals surface area contributed by atoms with Gasteiger partial charge in [-0.05, 0) is 70.0 Å². The lowest BCUT2D eigenvalue weighted by molar-refractivity contribution is -0.127. The number of likely N-dealkylation sites (N-methyl/N-ethyl adjacent to an activating group) is 1.